The molecule has 0 radical (unpaired) electrons. The van der Waals surface area contributed by atoms with Gasteiger partial charge in [0.2, 0.25) is 0 Å². The number of carbonyl (C=O) groups excluding carboxylic acids is 3. The number of carboxylic acids is 1. The summed E-state index contributed by atoms with van der Waals surface area (Å²) in [5, 5.41) is 31.5. The molecule has 3 N–H and O–H groups in total. The molecule has 452 valence electrons. The predicted molar refractivity (Wildman–Crippen MR) is 321 cm³/mol. The molecular weight excluding hydrogens is 997 g/mol. The Balaban J connectivity index is 2.70. The van der Waals surface area contributed by atoms with Crippen LogP contribution in [-0.4, -0.2) is 89.2 Å². The van der Waals surface area contributed by atoms with E-state index in [9.17, 15) is 34.5 Å². The summed E-state index contributed by atoms with van der Waals surface area (Å²) >= 11 is 0. The molecular formula is C67H112O12. The van der Waals surface area contributed by atoms with Crippen molar-refractivity contribution in [3.63, 3.8) is 0 Å². The molecule has 6 unspecified atom stereocenters. The number of ether oxygens (including phenoxy) is 5. The van der Waals surface area contributed by atoms with Gasteiger partial charge in [-0.3, -0.25) is 14.4 Å². The minimum atomic E-state index is -1.92. The molecule has 0 bridgehead atoms. The Bertz CT molecular complexity index is 1700. The van der Waals surface area contributed by atoms with Crippen molar-refractivity contribution in [2.75, 3.05) is 13.2 Å². The third-order valence-corrected chi connectivity index (χ3v) is 13.9. The Morgan fingerprint density at radius 2 is 0.797 bits per heavy atom. The van der Waals surface area contributed by atoms with E-state index in [4.69, 9.17) is 23.7 Å². The van der Waals surface area contributed by atoms with Crippen LogP contribution in [0, 0.1) is 0 Å². The molecule has 0 aromatic carbocycles. The van der Waals surface area contributed by atoms with E-state index in [1.54, 1.807) is 0 Å². The summed E-state index contributed by atoms with van der Waals surface area (Å²) < 4.78 is 28.5. The van der Waals surface area contributed by atoms with Crippen molar-refractivity contribution >= 4 is 23.9 Å². The Hall–Kier alpha value is -4.10. The van der Waals surface area contributed by atoms with Gasteiger partial charge in [-0.1, -0.05) is 215 Å². The maximum Gasteiger partial charge on any atom is 0.335 e. The first-order chi connectivity index (χ1) is 38.6. The van der Waals surface area contributed by atoms with Gasteiger partial charge in [-0.05, 0) is 116 Å². The van der Waals surface area contributed by atoms with E-state index in [0.717, 1.165) is 128 Å². The Morgan fingerprint density at radius 1 is 0.430 bits per heavy atom. The maximum atomic E-state index is 13.2. The van der Waals surface area contributed by atoms with Gasteiger partial charge in [-0.2, -0.15) is 0 Å². The minimum absolute atomic E-state index is 0.0283. The average Bonchev–Trinajstić information content (AvgIpc) is 3.43. The zero-order chi connectivity index (χ0) is 57.5. The number of allylic oxidation sites excluding steroid dienone is 14. The summed E-state index contributed by atoms with van der Waals surface area (Å²) in [5.41, 5.74) is 0. The molecule has 0 saturated carbocycles. The van der Waals surface area contributed by atoms with Crippen LogP contribution in [0.25, 0.3) is 0 Å². The van der Waals surface area contributed by atoms with E-state index in [0.29, 0.717) is 19.3 Å². The van der Waals surface area contributed by atoms with Crippen molar-refractivity contribution in [3.8, 4) is 0 Å². The van der Waals surface area contributed by atoms with Gasteiger partial charge in [0.25, 0.3) is 0 Å². The summed E-state index contributed by atoms with van der Waals surface area (Å²) in [5.74, 6) is -3.17. The van der Waals surface area contributed by atoms with Crippen LogP contribution in [0.15, 0.2) is 85.1 Å². The summed E-state index contributed by atoms with van der Waals surface area (Å²) in [7, 11) is 0. The molecule has 6 atom stereocenters. The third kappa shape index (κ3) is 44.3. The van der Waals surface area contributed by atoms with Crippen molar-refractivity contribution in [2.24, 2.45) is 0 Å². The molecule has 12 nitrogen and oxygen atoms in total. The van der Waals surface area contributed by atoms with Crippen LogP contribution < -0.4 is 0 Å². The lowest BCUT2D eigenvalue weighted by molar-refractivity contribution is -0.301. The second-order valence-electron chi connectivity index (χ2n) is 21.3. The monoisotopic (exact) mass is 1110 g/mol. The Kier molecular flexibility index (Phi) is 50.3. The molecule has 12 heteroatoms. The standard InChI is InChI=1S/C67H112O12/c1-4-7-10-13-16-19-22-25-28-30-33-35-38-41-44-47-50-53-59(68)75-56-58(77-60(69)54-51-48-45-42-39-36-32-27-24-21-18-15-12-9-6-3)57-76-67-65(63(72)62(71)64(79-67)66(73)74)78-61(70)55-52-49-46-43-40-37-34-31-29-26-23-20-17-14-11-8-5-2/h8,11,16-17,19-20,25-29,32,34,37,58,62-65,67,71-72H,4-7,9-10,12-15,18,21-24,30-31,33,35-36,38-57H2,1-3H3,(H,73,74)/b11-8-,19-16-,20-17-,28-25-,29-26-,32-27-,37-34-. The second kappa shape index (κ2) is 54.5. The fourth-order valence-corrected chi connectivity index (χ4v) is 9.09. The number of carbonyl (C=O) groups is 4. The molecule has 0 aromatic heterocycles. The van der Waals surface area contributed by atoms with Gasteiger partial charge in [0, 0.05) is 19.3 Å². The highest BCUT2D eigenvalue weighted by Crippen LogP contribution is 2.26. The molecule has 1 heterocycles. The maximum absolute atomic E-state index is 13.2. The highest BCUT2D eigenvalue weighted by molar-refractivity contribution is 5.74. The van der Waals surface area contributed by atoms with Crippen LogP contribution in [0.4, 0.5) is 0 Å². The molecule has 1 fully saturated rings. The second-order valence-corrected chi connectivity index (χ2v) is 21.3. The topological polar surface area (TPSA) is 175 Å². The lowest BCUT2D eigenvalue weighted by Gasteiger charge is -2.40. The first-order valence-electron chi connectivity index (χ1n) is 31.6. The third-order valence-electron chi connectivity index (χ3n) is 13.9. The van der Waals surface area contributed by atoms with Gasteiger partial charge >= 0.3 is 23.9 Å². The fraction of sp³-hybridized carbons (Fsp3) is 0.731. The summed E-state index contributed by atoms with van der Waals surface area (Å²) in [4.78, 5) is 51.3. The number of rotatable bonds is 53. The molecule has 79 heavy (non-hydrogen) atoms. The Labute approximate surface area is 480 Å². The first kappa shape index (κ1) is 72.9. The summed E-state index contributed by atoms with van der Waals surface area (Å²) in [6, 6.07) is 0. The van der Waals surface area contributed by atoms with Crippen LogP contribution in [0.2, 0.25) is 0 Å². The van der Waals surface area contributed by atoms with Crippen molar-refractivity contribution in [1.29, 1.82) is 0 Å². The number of aliphatic carboxylic acids is 1. The van der Waals surface area contributed by atoms with Crippen LogP contribution >= 0.6 is 0 Å². The largest absolute Gasteiger partial charge is 0.479 e. The number of carboxylic acid groups (broad SMARTS) is 1. The zero-order valence-corrected chi connectivity index (χ0v) is 49.8. The molecule has 1 aliphatic rings. The van der Waals surface area contributed by atoms with Crippen LogP contribution in [-0.2, 0) is 42.9 Å². The quantitative estimate of drug-likeness (QED) is 0.0228. The van der Waals surface area contributed by atoms with Crippen LogP contribution in [0.1, 0.15) is 265 Å². The molecule has 1 saturated heterocycles. The van der Waals surface area contributed by atoms with Gasteiger partial charge in [0.15, 0.2) is 24.6 Å². The van der Waals surface area contributed by atoms with E-state index in [-0.39, 0.29) is 25.9 Å². The SMILES string of the molecule is CC/C=C\C/C=C\C/C=C\C/C=C\CCCCCCC(=O)OC1C(OCC(COC(=O)CCCCCCCCC/C=C\C/C=C\CCCCC)OC(=O)CCCCCCC/C=C\CCCCCCCC)OC(C(=O)O)C(O)C1O. The smallest absolute Gasteiger partial charge is 0.335 e. The van der Waals surface area contributed by atoms with Crippen molar-refractivity contribution in [2.45, 2.75) is 302 Å². The number of hydrogen-bond acceptors (Lipinski definition) is 11. The fourth-order valence-electron chi connectivity index (χ4n) is 9.09. The average molecular weight is 1110 g/mol. The van der Waals surface area contributed by atoms with Crippen molar-refractivity contribution in [3.05, 3.63) is 85.1 Å². The highest BCUT2D eigenvalue weighted by atomic mass is 16.7. The predicted octanol–water partition coefficient (Wildman–Crippen LogP) is 16.7. The minimum Gasteiger partial charge on any atom is -0.479 e. The molecule has 0 spiro atoms. The van der Waals surface area contributed by atoms with E-state index >= 15 is 0 Å². The van der Waals surface area contributed by atoms with Crippen molar-refractivity contribution in [1.82, 2.24) is 0 Å². The van der Waals surface area contributed by atoms with Gasteiger partial charge < -0.3 is 39.0 Å². The van der Waals surface area contributed by atoms with E-state index in [1.165, 1.54) is 77.0 Å². The van der Waals surface area contributed by atoms with E-state index < -0.39 is 67.3 Å². The summed E-state index contributed by atoms with van der Waals surface area (Å²) in [6.45, 7) is 5.84. The first-order valence-corrected chi connectivity index (χ1v) is 31.6. The number of esters is 3. The van der Waals surface area contributed by atoms with Crippen molar-refractivity contribution < 1.29 is 58.2 Å². The van der Waals surface area contributed by atoms with Gasteiger partial charge in [-0.25, -0.2) is 4.79 Å². The molecule has 1 rings (SSSR count). The highest BCUT2D eigenvalue weighted by Gasteiger charge is 2.50. The molecule has 1 aliphatic heterocycles. The van der Waals surface area contributed by atoms with Crippen LogP contribution in [0.5, 0.6) is 0 Å². The van der Waals surface area contributed by atoms with Crippen LogP contribution in [0.3, 0.4) is 0 Å². The lowest BCUT2D eigenvalue weighted by Crippen LogP contribution is -2.61. The molecule has 0 aromatic rings. The van der Waals surface area contributed by atoms with Gasteiger partial charge in [-0.15, -0.1) is 0 Å². The normalized spacial score (nSPS) is 18.4. The van der Waals surface area contributed by atoms with Gasteiger partial charge in [0.1, 0.15) is 18.8 Å². The number of aliphatic hydroxyl groups is 2. The van der Waals surface area contributed by atoms with E-state index in [1.807, 2.05) is 0 Å². The number of unbranched alkanes of at least 4 members (excludes halogenated alkanes) is 25. The molecule has 0 aliphatic carbocycles. The lowest BCUT2D eigenvalue weighted by atomic mass is 9.98. The summed E-state index contributed by atoms with van der Waals surface area (Å²) in [6.07, 6.45) is 58.2. The van der Waals surface area contributed by atoms with Gasteiger partial charge in [0.05, 0.1) is 6.61 Å². The number of hydrogen-bond donors (Lipinski definition) is 3. The zero-order valence-electron chi connectivity index (χ0n) is 49.8. The molecule has 0 amide bonds. The number of aliphatic hydroxyl groups excluding tert-OH is 2. The van der Waals surface area contributed by atoms with E-state index in [2.05, 4.69) is 106 Å². The Morgan fingerprint density at radius 3 is 1.25 bits per heavy atom.